The second kappa shape index (κ2) is 9.44. The number of aliphatic hydroxyl groups is 1. The average molecular weight is 521 g/mol. The van der Waals surface area contributed by atoms with E-state index in [1.165, 1.54) is 22.0 Å². The highest BCUT2D eigenvalue weighted by molar-refractivity contribution is 7.13. The predicted octanol–water partition coefficient (Wildman–Crippen LogP) is 5.11. The van der Waals surface area contributed by atoms with E-state index in [-0.39, 0.29) is 5.75 Å². The van der Waals surface area contributed by atoms with E-state index in [0.717, 1.165) is 0 Å². The number of aromatic nitrogens is 4. The Bertz CT molecular complexity index is 1570. The van der Waals surface area contributed by atoms with Crippen molar-refractivity contribution in [1.29, 1.82) is 0 Å². The quantitative estimate of drug-likeness (QED) is 0.380. The summed E-state index contributed by atoms with van der Waals surface area (Å²) in [5.41, 5.74) is -0.248. The molecule has 0 radical (unpaired) electrons. The van der Waals surface area contributed by atoms with Gasteiger partial charge in [0, 0.05) is 29.4 Å². The topological polar surface area (TPSA) is 90.1 Å². The Morgan fingerprint density at radius 1 is 1.23 bits per heavy atom. The van der Waals surface area contributed by atoms with Gasteiger partial charge in [0.1, 0.15) is 45.1 Å². The number of hydrogen-bond acceptors (Lipinski definition) is 7. The third-order valence-electron chi connectivity index (χ3n) is 5.03. The molecule has 7 nitrogen and oxygen atoms in total. The number of rotatable bonds is 6. The van der Waals surface area contributed by atoms with Gasteiger partial charge in [-0.2, -0.15) is 0 Å². The zero-order valence-electron chi connectivity index (χ0n) is 21.1. The first-order valence-corrected chi connectivity index (χ1v) is 11.5. The van der Waals surface area contributed by atoms with Crippen molar-refractivity contribution in [2.45, 2.75) is 39.9 Å². The van der Waals surface area contributed by atoms with Gasteiger partial charge < -0.3 is 9.84 Å². The van der Waals surface area contributed by atoms with E-state index >= 15 is 0 Å². The Morgan fingerprint density at radius 2 is 1.97 bits per heavy atom. The molecular weight excluding hydrogens is 498 g/mol. The lowest BCUT2D eigenvalue weighted by molar-refractivity contribution is 0.0746. The SMILES string of the molecule is [2H]C([2H])(Oc1cc(C)n(-c2cc(-c3nc(C(C)(C)O)cs3)ncc2C)c(=O)c1Cl)c1ncc(F)cc1F. The maximum absolute atomic E-state index is 14.1. The zero-order valence-corrected chi connectivity index (χ0v) is 20.6. The first-order chi connectivity index (χ1) is 17.2. The summed E-state index contributed by atoms with van der Waals surface area (Å²) < 4.78 is 50.1. The maximum atomic E-state index is 14.1. The lowest BCUT2D eigenvalue weighted by atomic mass is 10.1. The average Bonchev–Trinajstić information content (AvgIpc) is 3.29. The van der Waals surface area contributed by atoms with Crippen LogP contribution in [0.5, 0.6) is 5.75 Å². The molecule has 0 unspecified atom stereocenters. The van der Waals surface area contributed by atoms with Crippen LogP contribution in [0.15, 0.2) is 40.8 Å². The van der Waals surface area contributed by atoms with Crippen molar-refractivity contribution in [3.63, 3.8) is 0 Å². The van der Waals surface area contributed by atoms with Crippen molar-refractivity contribution in [2.75, 3.05) is 0 Å². The molecule has 0 atom stereocenters. The lowest BCUT2D eigenvalue weighted by Crippen LogP contribution is -2.23. The van der Waals surface area contributed by atoms with Gasteiger partial charge in [-0.05, 0) is 39.3 Å². The highest BCUT2D eigenvalue weighted by Gasteiger charge is 2.22. The van der Waals surface area contributed by atoms with Crippen LogP contribution in [0.4, 0.5) is 8.78 Å². The van der Waals surface area contributed by atoms with Crippen LogP contribution in [0.1, 0.15) is 39.2 Å². The summed E-state index contributed by atoms with van der Waals surface area (Å²) in [4.78, 5) is 25.6. The molecule has 0 saturated heterocycles. The molecule has 35 heavy (non-hydrogen) atoms. The number of nitrogens with zero attached hydrogens (tertiary/aromatic N) is 4. The predicted molar refractivity (Wildman–Crippen MR) is 129 cm³/mol. The summed E-state index contributed by atoms with van der Waals surface area (Å²) >= 11 is 7.58. The standard InChI is InChI=1S/C24H21ClF2N4O3S/c1-12-8-28-16(22-30-20(11-35-22)24(3,4)33)7-18(12)31-13(2)5-19(21(25)23(31)32)34-10-17-15(27)6-14(26)9-29-17/h5-9,11,33H,10H2,1-4H3/i10D2. The lowest BCUT2D eigenvalue weighted by Gasteiger charge is -2.16. The van der Waals surface area contributed by atoms with E-state index in [0.29, 0.717) is 45.6 Å². The van der Waals surface area contributed by atoms with Crippen LogP contribution in [0.3, 0.4) is 0 Å². The maximum Gasteiger partial charge on any atom is 0.277 e. The summed E-state index contributed by atoms with van der Waals surface area (Å²) in [7, 11) is 0. The molecule has 0 spiro atoms. The van der Waals surface area contributed by atoms with Gasteiger partial charge >= 0.3 is 0 Å². The van der Waals surface area contributed by atoms with E-state index < -0.39 is 40.1 Å². The molecule has 4 aromatic rings. The number of thiazole rings is 1. The molecule has 0 aliphatic carbocycles. The molecule has 11 heteroatoms. The first-order valence-electron chi connectivity index (χ1n) is 11.3. The van der Waals surface area contributed by atoms with Crippen molar-refractivity contribution < 1.29 is 21.4 Å². The molecule has 4 rings (SSSR count). The number of halogens is 3. The van der Waals surface area contributed by atoms with E-state index in [4.69, 9.17) is 19.1 Å². The van der Waals surface area contributed by atoms with Crippen LogP contribution in [0, 0.1) is 25.5 Å². The van der Waals surface area contributed by atoms with Crippen LogP contribution < -0.4 is 10.3 Å². The van der Waals surface area contributed by atoms with Crippen molar-refractivity contribution in [3.05, 3.63) is 85.6 Å². The highest BCUT2D eigenvalue weighted by Crippen LogP contribution is 2.30. The molecule has 0 amide bonds. The van der Waals surface area contributed by atoms with Gasteiger partial charge in [0.05, 0.1) is 20.3 Å². The minimum absolute atomic E-state index is 0.336. The molecule has 0 fully saturated rings. The molecule has 0 bridgehead atoms. The Hall–Kier alpha value is -3.21. The molecule has 4 heterocycles. The van der Waals surface area contributed by atoms with E-state index in [1.54, 1.807) is 45.3 Å². The van der Waals surface area contributed by atoms with Crippen LogP contribution in [0.2, 0.25) is 5.02 Å². The number of ether oxygens (including phenoxy) is 1. The van der Waals surface area contributed by atoms with Gasteiger partial charge in [-0.3, -0.25) is 19.3 Å². The van der Waals surface area contributed by atoms with E-state index in [1.807, 2.05) is 0 Å². The zero-order chi connectivity index (χ0) is 27.3. The molecule has 0 aliphatic heterocycles. The van der Waals surface area contributed by atoms with E-state index in [2.05, 4.69) is 15.0 Å². The minimum Gasteiger partial charge on any atom is -0.485 e. The highest BCUT2D eigenvalue weighted by atomic mass is 35.5. The summed E-state index contributed by atoms with van der Waals surface area (Å²) in [5.74, 6) is -2.56. The van der Waals surface area contributed by atoms with Crippen LogP contribution in [-0.4, -0.2) is 24.6 Å². The van der Waals surface area contributed by atoms with Gasteiger partial charge in [0.15, 0.2) is 5.82 Å². The van der Waals surface area contributed by atoms with Crippen LogP contribution >= 0.6 is 22.9 Å². The van der Waals surface area contributed by atoms with Gasteiger partial charge in [-0.15, -0.1) is 11.3 Å². The van der Waals surface area contributed by atoms with Gasteiger partial charge in [0.25, 0.3) is 5.56 Å². The molecule has 0 aromatic carbocycles. The molecule has 1 N–H and O–H groups in total. The molecule has 0 aliphatic rings. The van der Waals surface area contributed by atoms with Crippen molar-refractivity contribution in [1.82, 2.24) is 19.5 Å². The van der Waals surface area contributed by atoms with Crippen molar-refractivity contribution in [3.8, 4) is 22.1 Å². The summed E-state index contributed by atoms with van der Waals surface area (Å²) in [6, 6.07) is 3.47. The third-order valence-corrected chi connectivity index (χ3v) is 6.24. The second-order valence-corrected chi connectivity index (χ2v) is 9.48. The molecular formula is C24H21ClF2N4O3S. The second-order valence-electron chi connectivity index (χ2n) is 8.25. The Kier molecular flexibility index (Phi) is 6.01. The third kappa shape index (κ3) is 5.09. The molecule has 182 valence electrons. The van der Waals surface area contributed by atoms with Crippen molar-refractivity contribution >= 4 is 22.9 Å². The number of aryl methyl sites for hydroxylation is 2. The minimum atomic E-state index is -2.85. The summed E-state index contributed by atoms with van der Waals surface area (Å²) in [5, 5.41) is 12.0. The van der Waals surface area contributed by atoms with Gasteiger partial charge in [0.2, 0.25) is 0 Å². The fourth-order valence-corrected chi connectivity index (χ4v) is 4.32. The summed E-state index contributed by atoms with van der Waals surface area (Å²) in [6.45, 7) is 3.73. The number of hydrogen-bond donors (Lipinski definition) is 1. The van der Waals surface area contributed by atoms with Gasteiger partial charge in [-0.25, -0.2) is 13.8 Å². The Labute approximate surface area is 211 Å². The van der Waals surface area contributed by atoms with Crippen molar-refractivity contribution in [2.24, 2.45) is 0 Å². The van der Waals surface area contributed by atoms with Crippen LogP contribution in [-0.2, 0) is 12.2 Å². The summed E-state index contributed by atoms with van der Waals surface area (Å²) in [6.07, 6.45) is 2.23. The smallest absolute Gasteiger partial charge is 0.277 e. The Balaban J connectivity index is 1.76. The number of pyridine rings is 3. The van der Waals surface area contributed by atoms with Crippen LogP contribution in [0.25, 0.3) is 16.4 Å². The molecule has 0 saturated carbocycles. The monoisotopic (exact) mass is 520 g/mol. The largest absolute Gasteiger partial charge is 0.485 e. The Morgan fingerprint density at radius 3 is 2.63 bits per heavy atom. The first kappa shape index (κ1) is 22.3. The normalized spacial score (nSPS) is 12.9. The molecule has 4 aromatic heterocycles. The fraction of sp³-hybridized carbons (Fsp3) is 0.250. The van der Waals surface area contributed by atoms with Gasteiger partial charge in [-0.1, -0.05) is 11.6 Å². The van der Waals surface area contributed by atoms with E-state index in [9.17, 15) is 18.7 Å². The fourth-order valence-electron chi connectivity index (χ4n) is 3.19.